The zero-order valence-corrected chi connectivity index (χ0v) is 8.70. The van der Waals surface area contributed by atoms with Crippen LogP contribution in [0.1, 0.15) is 25.3 Å². The summed E-state index contributed by atoms with van der Waals surface area (Å²) < 4.78 is 13.3. The largest absolute Gasteiger partial charge is 0.298 e. The van der Waals surface area contributed by atoms with E-state index in [4.69, 9.17) is 5.26 Å². The number of Topliss-reactive ketones (excluding diaryl/α,β-unsaturated/α-hetero) is 1. The fraction of sp³-hybridized carbons (Fsp3) is 0.333. The highest BCUT2D eigenvalue weighted by atomic mass is 19.1. The lowest BCUT2D eigenvalue weighted by Gasteiger charge is -2.11. The minimum Gasteiger partial charge on any atom is -0.298 e. The highest BCUT2D eigenvalue weighted by Crippen LogP contribution is 2.22. The quantitative estimate of drug-likeness (QED) is 0.761. The fourth-order valence-electron chi connectivity index (χ4n) is 1.33. The molecule has 0 saturated heterocycles. The number of benzene rings is 1. The molecule has 0 spiro atoms. The Morgan fingerprint density at radius 1 is 1.40 bits per heavy atom. The summed E-state index contributed by atoms with van der Waals surface area (Å²) in [5.74, 6) is -2.01. The van der Waals surface area contributed by atoms with Gasteiger partial charge >= 0.3 is 0 Å². The molecule has 0 aliphatic carbocycles. The third-order valence-corrected chi connectivity index (χ3v) is 2.20. The van der Waals surface area contributed by atoms with E-state index in [1.54, 1.807) is 19.9 Å². The lowest BCUT2D eigenvalue weighted by molar-refractivity contribution is -0.122. The van der Waals surface area contributed by atoms with Gasteiger partial charge in [-0.2, -0.15) is 5.26 Å². The monoisotopic (exact) mass is 205 g/mol. The maximum absolute atomic E-state index is 13.3. The second-order valence-electron chi connectivity index (χ2n) is 3.64. The normalized spacial score (nSPS) is 12.2. The molecular formula is C12H12FNO. The number of hydrogen-bond acceptors (Lipinski definition) is 2. The van der Waals surface area contributed by atoms with Crippen molar-refractivity contribution in [2.45, 2.75) is 19.8 Å². The van der Waals surface area contributed by atoms with E-state index < -0.39 is 11.7 Å². The Balaban J connectivity index is 3.10. The summed E-state index contributed by atoms with van der Waals surface area (Å²) in [5.41, 5.74) is 0.165. The minimum atomic E-state index is -0.994. The fourth-order valence-corrected chi connectivity index (χ4v) is 1.33. The zero-order valence-electron chi connectivity index (χ0n) is 8.70. The van der Waals surface area contributed by atoms with Gasteiger partial charge in [-0.3, -0.25) is 4.79 Å². The standard InChI is InChI=1S/C12H12FNO/c1-8(2)12(15)10(7-14)9-5-3-4-6-11(9)13/h3-6,8,10H,1-2H3/t10-/m1/s1. The average Bonchev–Trinajstić information content (AvgIpc) is 2.21. The predicted molar refractivity (Wildman–Crippen MR) is 54.6 cm³/mol. The third kappa shape index (κ3) is 2.41. The number of halogens is 1. The number of hydrogen-bond donors (Lipinski definition) is 0. The van der Waals surface area contributed by atoms with E-state index in [0.29, 0.717) is 0 Å². The van der Waals surface area contributed by atoms with Crippen molar-refractivity contribution in [1.29, 1.82) is 5.26 Å². The molecule has 1 atom stereocenters. The molecule has 78 valence electrons. The summed E-state index contributed by atoms with van der Waals surface area (Å²) in [6, 6.07) is 7.74. The molecule has 1 aromatic rings. The summed E-state index contributed by atoms with van der Waals surface area (Å²) in [6.45, 7) is 3.40. The highest BCUT2D eigenvalue weighted by Gasteiger charge is 2.24. The van der Waals surface area contributed by atoms with Crippen LogP contribution < -0.4 is 0 Å². The van der Waals surface area contributed by atoms with Crippen molar-refractivity contribution in [3.05, 3.63) is 35.6 Å². The third-order valence-electron chi connectivity index (χ3n) is 2.20. The molecule has 0 unspecified atom stereocenters. The molecule has 0 N–H and O–H groups in total. The summed E-state index contributed by atoms with van der Waals surface area (Å²) in [7, 11) is 0. The van der Waals surface area contributed by atoms with Gasteiger partial charge in [-0.1, -0.05) is 32.0 Å². The lowest BCUT2D eigenvalue weighted by Crippen LogP contribution is -2.17. The maximum atomic E-state index is 13.3. The van der Waals surface area contributed by atoms with Gasteiger partial charge in [0, 0.05) is 11.5 Å². The first-order valence-corrected chi connectivity index (χ1v) is 4.75. The predicted octanol–water partition coefficient (Wildman–Crippen LogP) is 2.66. The summed E-state index contributed by atoms with van der Waals surface area (Å²) >= 11 is 0. The first-order chi connectivity index (χ1) is 7.07. The first-order valence-electron chi connectivity index (χ1n) is 4.75. The van der Waals surface area contributed by atoms with Crippen molar-refractivity contribution in [1.82, 2.24) is 0 Å². The molecule has 0 fully saturated rings. The van der Waals surface area contributed by atoms with Crippen molar-refractivity contribution < 1.29 is 9.18 Å². The van der Waals surface area contributed by atoms with Gasteiger partial charge in [-0.05, 0) is 6.07 Å². The van der Waals surface area contributed by atoms with Crippen LogP contribution in [-0.2, 0) is 4.79 Å². The average molecular weight is 205 g/mol. The molecular weight excluding hydrogens is 193 g/mol. The van der Waals surface area contributed by atoms with E-state index in [0.717, 1.165) is 0 Å². The molecule has 3 heteroatoms. The minimum absolute atomic E-state index is 0.165. The Hall–Kier alpha value is -1.69. The SMILES string of the molecule is CC(C)C(=O)[C@H](C#N)c1ccccc1F. The molecule has 0 saturated carbocycles. The number of rotatable bonds is 3. The lowest BCUT2D eigenvalue weighted by atomic mass is 9.90. The van der Waals surface area contributed by atoms with Crippen LogP contribution in [0, 0.1) is 23.1 Å². The van der Waals surface area contributed by atoms with E-state index >= 15 is 0 Å². The summed E-state index contributed by atoms with van der Waals surface area (Å²) in [6.07, 6.45) is 0. The second kappa shape index (κ2) is 4.70. The second-order valence-corrected chi connectivity index (χ2v) is 3.64. The van der Waals surface area contributed by atoms with Crippen LogP contribution in [0.15, 0.2) is 24.3 Å². The zero-order chi connectivity index (χ0) is 11.4. The van der Waals surface area contributed by atoms with Crippen molar-refractivity contribution in [2.24, 2.45) is 5.92 Å². The topological polar surface area (TPSA) is 40.9 Å². The molecule has 1 rings (SSSR count). The number of carbonyl (C=O) groups excluding carboxylic acids is 1. The van der Waals surface area contributed by atoms with Crippen LogP contribution >= 0.6 is 0 Å². The van der Waals surface area contributed by atoms with Crippen molar-refractivity contribution in [2.75, 3.05) is 0 Å². The van der Waals surface area contributed by atoms with Crippen LogP contribution in [0.25, 0.3) is 0 Å². The number of carbonyl (C=O) groups is 1. The van der Waals surface area contributed by atoms with Gasteiger partial charge < -0.3 is 0 Å². The van der Waals surface area contributed by atoms with Crippen molar-refractivity contribution in [3.8, 4) is 6.07 Å². The first kappa shape index (κ1) is 11.4. The molecule has 0 radical (unpaired) electrons. The van der Waals surface area contributed by atoms with Gasteiger partial charge in [0.05, 0.1) is 6.07 Å². The molecule has 0 heterocycles. The number of nitriles is 1. The molecule has 0 aliphatic rings. The Morgan fingerprint density at radius 3 is 2.47 bits per heavy atom. The Bertz CT molecular complexity index is 406. The van der Waals surface area contributed by atoms with Crippen LogP contribution in [0.2, 0.25) is 0 Å². The van der Waals surface area contributed by atoms with E-state index in [1.165, 1.54) is 18.2 Å². The molecule has 15 heavy (non-hydrogen) atoms. The maximum Gasteiger partial charge on any atom is 0.157 e. The Labute approximate surface area is 88.3 Å². The van der Waals surface area contributed by atoms with Gasteiger partial charge in [-0.15, -0.1) is 0 Å². The smallest absolute Gasteiger partial charge is 0.157 e. The molecule has 0 bridgehead atoms. The van der Waals surface area contributed by atoms with E-state index in [1.807, 2.05) is 6.07 Å². The van der Waals surface area contributed by atoms with Crippen LogP contribution in [0.5, 0.6) is 0 Å². The van der Waals surface area contributed by atoms with E-state index in [2.05, 4.69) is 0 Å². The van der Waals surface area contributed by atoms with E-state index in [-0.39, 0.29) is 17.3 Å². The number of nitrogens with zero attached hydrogens (tertiary/aromatic N) is 1. The van der Waals surface area contributed by atoms with Gasteiger partial charge in [0.2, 0.25) is 0 Å². The van der Waals surface area contributed by atoms with Gasteiger partial charge in [0.1, 0.15) is 11.7 Å². The van der Waals surface area contributed by atoms with Gasteiger partial charge in [0.15, 0.2) is 5.78 Å². The molecule has 0 aliphatic heterocycles. The molecule has 0 amide bonds. The van der Waals surface area contributed by atoms with Crippen LogP contribution in [-0.4, -0.2) is 5.78 Å². The van der Waals surface area contributed by atoms with Crippen molar-refractivity contribution >= 4 is 5.78 Å². The summed E-state index contributed by atoms with van der Waals surface area (Å²) in [4.78, 5) is 11.6. The van der Waals surface area contributed by atoms with Crippen molar-refractivity contribution in [3.63, 3.8) is 0 Å². The number of ketones is 1. The molecule has 1 aromatic carbocycles. The van der Waals surface area contributed by atoms with E-state index in [9.17, 15) is 9.18 Å². The Kier molecular flexibility index (Phi) is 3.56. The molecule has 0 aromatic heterocycles. The summed E-state index contributed by atoms with van der Waals surface area (Å²) in [5, 5.41) is 8.89. The highest BCUT2D eigenvalue weighted by molar-refractivity contribution is 5.89. The van der Waals surface area contributed by atoms with Gasteiger partial charge in [0.25, 0.3) is 0 Å². The van der Waals surface area contributed by atoms with Crippen LogP contribution in [0.4, 0.5) is 4.39 Å². The van der Waals surface area contributed by atoms with Gasteiger partial charge in [-0.25, -0.2) is 4.39 Å². The van der Waals surface area contributed by atoms with Crippen LogP contribution in [0.3, 0.4) is 0 Å². The Morgan fingerprint density at radius 2 is 2.00 bits per heavy atom. The molecule has 2 nitrogen and oxygen atoms in total.